The highest BCUT2D eigenvalue weighted by Crippen LogP contribution is 2.16. The fourth-order valence-electron chi connectivity index (χ4n) is 1.48. The standard InChI is InChI=1S/C11H14N4/c1-8-6-14-15(7-8)11-10(9(2)12)4-3-5-13-11/h3-7,9H,12H2,1-2H3/t9-/m0/s1. The Morgan fingerprint density at radius 1 is 1.47 bits per heavy atom. The van der Waals surface area contributed by atoms with Crippen LogP contribution in [0.1, 0.15) is 24.1 Å². The van der Waals surface area contributed by atoms with E-state index in [2.05, 4.69) is 10.1 Å². The number of hydrogen-bond donors (Lipinski definition) is 1. The molecule has 0 saturated carbocycles. The molecule has 15 heavy (non-hydrogen) atoms. The summed E-state index contributed by atoms with van der Waals surface area (Å²) in [6.07, 6.45) is 5.49. The van der Waals surface area contributed by atoms with Gasteiger partial charge in [-0.2, -0.15) is 5.10 Å². The number of nitrogens with two attached hydrogens (primary N) is 1. The van der Waals surface area contributed by atoms with Gasteiger partial charge in [0, 0.05) is 24.0 Å². The van der Waals surface area contributed by atoms with Crippen LogP contribution in [0.5, 0.6) is 0 Å². The molecule has 0 aliphatic heterocycles. The molecule has 0 bridgehead atoms. The summed E-state index contributed by atoms with van der Waals surface area (Å²) in [4.78, 5) is 4.30. The van der Waals surface area contributed by atoms with Crippen LogP contribution in [-0.4, -0.2) is 14.8 Å². The molecule has 0 aliphatic carbocycles. The molecule has 0 aliphatic rings. The Labute approximate surface area is 88.8 Å². The van der Waals surface area contributed by atoms with Crippen molar-refractivity contribution >= 4 is 0 Å². The van der Waals surface area contributed by atoms with Crippen molar-refractivity contribution in [1.29, 1.82) is 0 Å². The van der Waals surface area contributed by atoms with Crippen molar-refractivity contribution < 1.29 is 0 Å². The van der Waals surface area contributed by atoms with Gasteiger partial charge in [0.15, 0.2) is 5.82 Å². The van der Waals surface area contributed by atoms with Gasteiger partial charge in [-0.3, -0.25) is 0 Å². The first-order chi connectivity index (χ1) is 7.18. The maximum Gasteiger partial charge on any atom is 0.158 e. The van der Waals surface area contributed by atoms with Crippen LogP contribution in [0, 0.1) is 6.92 Å². The van der Waals surface area contributed by atoms with Crippen LogP contribution in [0.4, 0.5) is 0 Å². The molecule has 4 heteroatoms. The van der Waals surface area contributed by atoms with E-state index in [0.29, 0.717) is 0 Å². The third-order valence-corrected chi connectivity index (χ3v) is 2.24. The van der Waals surface area contributed by atoms with Crippen molar-refractivity contribution in [3.05, 3.63) is 41.9 Å². The minimum absolute atomic E-state index is 0.0433. The van der Waals surface area contributed by atoms with E-state index in [-0.39, 0.29) is 6.04 Å². The summed E-state index contributed by atoms with van der Waals surface area (Å²) in [6, 6.07) is 3.82. The van der Waals surface area contributed by atoms with Crippen molar-refractivity contribution in [1.82, 2.24) is 14.8 Å². The smallest absolute Gasteiger partial charge is 0.158 e. The Balaban J connectivity index is 2.52. The van der Waals surface area contributed by atoms with Gasteiger partial charge in [-0.05, 0) is 25.5 Å². The zero-order valence-corrected chi connectivity index (χ0v) is 8.88. The molecule has 0 fully saturated rings. The topological polar surface area (TPSA) is 56.7 Å². The highest BCUT2D eigenvalue weighted by Gasteiger charge is 2.09. The second kappa shape index (κ2) is 3.82. The van der Waals surface area contributed by atoms with E-state index in [1.807, 2.05) is 32.2 Å². The van der Waals surface area contributed by atoms with E-state index in [1.165, 1.54) is 0 Å². The maximum absolute atomic E-state index is 5.88. The average molecular weight is 202 g/mol. The molecular formula is C11H14N4. The monoisotopic (exact) mass is 202 g/mol. The van der Waals surface area contributed by atoms with Crippen molar-refractivity contribution in [2.75, 3.05) is 0 Å². The molecule has 0 saturated heterocycles. The second-order valence-electron chi connectivity index (χ2n) is 3.67. The number of hydrogen-bond acceptors (Lipinski definition) is 3. The molecule has 0 radical (unpaired) electrons. The van der Waals surface area contributed by atoms with Gasteiger partial charge in [-0.15, -0.1) is 0 Å². The van der Waals surface area contributed by atoms with Crippen molar-refractivity contribution in [3.63, 3.8) is 0 Å². The van der Waals surface area contributed by atoms with Crippen molar-refractivity contribution in [2.45, 2.75) is 19.9 Å². The zero-order valence-electron chi connectivity index (χ0n) is 8.88. The summed E-state index contributed by atoms with van der Waals surface area (Å²) < 4.78 is 1.76. The molecule has 0 spiro atoms. The molecule has 0 unspecified atom stereocenters. The number of rotatable bonds is 2. The highest BCUT2D eigenvalue weighted by molar-refractivity contribution is 5.35. The Hall–Kier alpha value is -1.68. The lowest BCUT2D eigenvalue weighted by atomic mass is 10.1. The van der Waals surface area contributed by atoms with E-state index in [0.717, 1.165) is 16.9 Å². The fourth-order valence-corrected chi connectivity index (χ4v) is 1.48. The highest BCUT2D eigenvalue weighted by atomic mass is 15.3. The second-order valence-corrected chi connectivity index (χ2v) is 3.67. The van der Waals surface area contributed by atoms with Gasteiger partial charge in [-0.25, -0.2) is 9.67 Å². The molecule has 2 heterocycles. The normalized spacial score (nSPS) is 12.7. The minimum atomic E-state index is -0.0433. The lowest BCUT2D eigenvalue weighted by molar-refractivity contribution is 0.761. The molecule has 78 valence electrons. The number of aryl methyl sites for hydroxylation is 1. The Morgan fingerprint density at radius 2 is 2.27 bits per heavy atom. The molecule has 2 aromatic rings. The predicted molar refractivity (Wildman–Crippen MR) is 58.7 cm³/mol. The maximum atomic E-state index is 5.88. The van der Waals surface area contributed by atoms with Gasteiger partial charge >= 0.3 is 0 Å². The van der Waals surface area contributed by atoms with Gasteiger partial charge in [-0.1, -0.05) is 6.07 Å². The van der Waals surface area contributed by atoms with E-state index in [9.17, 15) is 0 Å². The van der Waals surface area contributed by atoms with Crippen molar-refractivity contribution in [2.24, 2.45) is 5.73 Å². The van der Waals surface area contributed by atoms with Crippen LogP contribution in [0.2, 0.25) is 0 Å². The summed E-state index contributed by atoms with van der Waals surface area (Å²) >= 11 is 0. The lowest BCUT2D eigenvalue weighted by Gasteiger charge is -2.10. The number of pyridine rings is 1. The van der Waals surface area contributed by atoms with Gasteiger partial charge in [0.2, 0.25) is 0 Å². The van der Waals surface area contributed by atoms with Crippen LogP contribution in [0.3, 0.4) is 0 Å². The Morgan fingerprint density at radius 3 is 2.87 bits per heavy atom. The molecular weight excluding hydrogens is 188 g/mol. The summed E-state index contributed by atoms with van der Waals surface area (Å²) in [6.45, 7) is 3.94. The minimum Gasteiger partial charge on any atom is -0.324 e. The van der Waals surface area contributed by atoms with Gasteiger partial charge in [0.25, 0.3) is 0 Å². The largest absolute Gasteiger partial charge is 0.324 e. The number of nitrogens with zero attached hydrogens (tertiary/aromatic N) is 3. The quantitative estimate of drug-likeness (QED) is 0.804. The van der Waals surface area contributed by atoms with E-state index in [1.54, 1.807) is 17.1 Å². The van der Waals surface area contributed by atoms with Gasteiger partial charge in [0.05, 0.1) is 6.20 Å². The predicted octanol–water partition coefficient (Wildman–Crippen LogP) is 1.60. The Bertz CT molecular complexity index is 459. The van der Waals surface area contributed by atoms with Crippen molar-refractivity contribution in [3.8, 4) is 5.82 Å². The first-order valence-corrected chi connectivity index (χ1v) is 4.90. The summed E-state index contributed by atoms with van der Waals surface area (Å²) in [7, 11) is 0. The molecule has 0 amide bonds. The average Bonchev–Trinajstić information content (AvgIpc) is 2.65. The van der Waals surface area contributed by atoms with E-state index in [4.69, 9.17) is 5.73 Å². The SMILES string of the molecule is Cc1cnn(-c2ncccc2[C@H](C)N)c1. The molecule has 2 N–H and O–H groups in total. The molecule has 4 nitrogen and oxygen atoms in total. The summed E-state index contributed by atoms with van der Waals surface area (Å²) in [5, 5.41) is 4.23. The number of aromatic nitrogens is 3. The van der Waals surface area contributed by atoms with Crippen LogP contribution >= 0.6 is 0 Å². The molecule has 0 aromatic carbocycles. The Kier molecular flexibility index (Phi) is 2.51. The van der Waals surface area contributed by atoms with E-state index < -0.39 is 0 Å². The van der Waals surface area contributed by atoms with Gasteiger partial charge < -0.3 is 5.73 Å². The fraction of sp³-hybridized carbons (Fsp3) is 0.273. The van der Waals surface area contributed by atoms with Crippen LogP contribution < -0.4 is 5.73 Å². The zero-order chi connectivity index (χ0) is 10.8. The lowest BCUT2D eigenvalue weighted by Crippen LogP contribution is -2.11. The molecule has 2 aromatic heterocycles. The van der Waals surface area contributed by atoms with Crippen LogP contribution in [-0.2, 0) is 0 Å². The summed E-state index contributed by atoms with van der Waals surface area (Å²) in [5.74, 6) is 0.806. The first-order valence-electron chi connectivity index (χ1n) is 4.90. The van der Waals surface area contributed by atoms with Crippen LogP contribution in [0.25, 0.3) is 5.82 Å². The van der Waals surface area contributed by atoms with Crippen LogP contribution in [0.15, 0.2) is 30.7 Å². The third-order valence-electron chi connectivity index (χ3n) is 2.24. The van der Waals surface area contributed by atoms with Gasteiger partial charge in [0.1, 0.15) is 0 Å². The molecule has 1 atom stereocenters. The third kappa shape index (κ3) is 1.89. The summed E-state index contributed by atoms with van der Waals surface area (Å²) in [5.41, 5.74) is 7.99. The molecule has 2 rings (SSSR count). The van der Waals surface area contributed by atoms with E-state index >= 15 is 0 Å². The first kappa shape index (κ1) is 9.86.